The molecule has 1 N–H and O–H groups in total. The molecule has 3 aromatic rings. The van der Waals surface area contributed by atoms with Gasteiger partial charge in [0.1, 0.15) is 0 Å². The second-order valence-electron chi connectivity index (χ2n) is 9.83. The van der Waals surface area contributed by atoms with Crippen molar-refractivity contribution in [1.82, 2.24) is 10.2 Å². The van der Waals surface area contributed by atoms with Gasteiger partial charge in [-0.3, -0.25) is 9.59 Å². The fraction of sp³-hybridized carbons (Fsp3) is 0.355. The third-order valence-electron chi connectivity index (χ3n) is 7.63. The number of aryl methyl sites for hydroxylation is 1. The van der Waals surface area contributed by atoms with Crippen molar-refractivity contribution in [3.05, 3.63) is 107 Å². The minimum Gasteiger partial charge on any atom is -0.355 e. The highest BCUT2D eigenvalue weighted by molar-refractivity contribution is 6.01. The summed E-state index contributed by atoms with van der Waals surface area (Å²) in [5.41, 5.74) is 4.02. The maximum Gasteiger partial charge on any atom is 0.254 e. The van der Waals surface area contributed by atoms with Crippen LogP contribution in [0, 0.1) is 0 Å². The lowest BCUT2D eigenvalue weighted by Crippen LogP contribution is -2.55. The van der Waals surface area contributed by atoms with Gasteiger partial charge in [0, 0.05) is 24.2 Å². The van der Waals surface area contributed by atoms with Gasteiger partial charge in [-0.15, -0.1) is 0 Å². The molecule has 4 nitrogen and oxygen atoms in total. The fourth-order valence-electron chi connectivity index (χ4n) is 5.91. The molecule has 0 spiro atoms. The molecule has 1 saturated carbocycles. The fourth-order valence-corrected chi connectivity index (χ4v) is 5.91. The largest absolute Gasteiger partial charge is 0.355 e. The van der Waals surface area contributed by atoms with Crippen molar-refractivity contribution in [1.29, 1.82) is 0 Å². The molecule has 180 valence electrons. The van der Waals surface area contributed by atoms with Crippen molar-refractivity contribution in [3.8, 4) is 0 Å². The van der Waals surface area contributed by atoms with Crippen molar-refractivity contribution < 1.29 is 9.59 Å². The van der Waals surface area contributed by atoms with Crippen LogP contribution < -0.4 is 5.32 Å². The number of rotatable bonds is 8. The zero-order valence-electron chi connectivity index (χ0n) is 20.2. The lowest BCUT2D eigenvalue weighted by Gasteiger charge is -2.45. The zero-order chi connectivity index (χ0) is 24.0. The molecule has 2 amide bonds. The predicted octanol–water partition coefficient (Wildman–Crippen LogP) is 5.53. The summed E-state index contributed by atoms with van der Waals surface area (Å²) in [7, 11) is 0. The van der Waals surface area contributed by atoms with Gasteiger partial charge in [-0.25, -0.2) is 0 Å². The maximum atomic E-state index is 13.8. The van der Waals surface area contributed by atoms with E-state index in [1.807, 2.05) is 48.5 Å². The second kappa shape index (κ2) is 10.9. The molecule has 1 fully saturated rings. The second-order valence-corrected chi connectivity index (χ2v) is 9.83. The standard InChI is InChI=1S/C31H34N2O2/c34-30(32-22-21-24-13-5-2-6-14-24)29-26-17-9-10-18-27(26)31(35)33(25-15-7-8-16-25)28(29)20-19-23-11-3-1-4-12-23/h1-6,9-14,17-18,25,28-29H,7-8,15-16,19-22H2,(H,32,34)/t28-,29+/m0/s1. The summed E-state index contributed by atoms with van der Waals surface area (Å²) in [4.78, 5) is 29.7. The van der Waals surface area contributed by atoms with Crippen LogP contribution in [0.25, 0.3) is 0 Å². The van der Waals surface area contributed by atoms with Crippen LogP contribution in [0.3, 0.4) is 0 Å². The number of benzene rings is 3. The van der Waals surface area contributed by atoms with Gasteiger partial charge in [0.15, 0.2) is 0 Å². The van der Waals surface area contributed by atoms with Crippen molar-refractivity contribution in [2.45, 2.75) is 62.9 Å². The van der Waals surface area contributed by atoms with E-state index in [1.54, 1.807) is 0 Å². The van der Waals surface area contributed by atoms with Crippen LogP contribution >= 0.6 is 0 Å². The molecule has 0 bridgehead atoms. The van der Waals surface area contributed by atoms with E-state index >= 15 is 0 Å². The summed E-state index contributed by atoms with van der Waals surface area (Å²) in [6, 6.07) is 28.5. The van der Waals surface area contributed by atoms with Gasteiger partial charge in [0.05, 0.1) is 5.92 Å². The van der Waals surface area contributed by atoms with E-state index in [-0.39, 0.29) is 29.8 Å². The van der Waals surface area contributed by atoms with Gasteiger partial charge < -0.3 is 10.2 Å². The molecule has 0 unspecified atom stereocenters. The van der Waals surface area contributed by atoms with E-state index in [4.69, 9.17) is 0 Å². The summed E-state index contributed by atoms with van der Waals surface area (Å²) in [5, 5.41) is 3.22. The molecule has 1 heterocycles. The minimum atomic E-state index is -0.357. The van der Waals surface area contributed by atoms with Gasteiger partial charge in [0.25, 0.3) is 5.91 Å². The smallest absolute Gasteiger partial charge is 0.254 e. The van der Waals surface area contributed by atoms with Crippen molar-refractivity contribution in [2.24, 2.45) is 0 Å². The topological polar surface area (TPSA) is 49.4 Å². The lowest BCUT2D eigenvalue weighted by atomic mass is 9.79. The summed E-state index contributed by atoms with van der Waals surface area (Å²) >= 11 is 0. The number of nitrogens with one attached hydrogen (secondary N) is 1. The third-order valence-corrected chi connectivity index (χ3v) is 7.63. The number of carbonyl (C=O) groups is 2. The van der Waals surface area contributed by atoms with Crippen LogP contribution in [0.15, 0.2) is 84.9 Å². The van der Waals surface area contributed by atoms with Crippen LogP contribution in [0.2, 0.25) is 0 Å². The SMILES string of the molecule is O=C(NCCc1ccccc1)[C@@H]1c2ccccc2C(=O)N(C2CCCC2)[C@H]1CCc1ccccc1. The van der Waals surface area contributed by atoms with Gasteiger partial charge in [-0.2, -0.15) is 0 Å². The molecule has 0 aromatic heterocycles. The van der Waals surface area contributed by atoms with Gasteiger partial charge >= 0.3 is 0 Å². The Morgan fingerprint density at radius 3 is 2.09 bits per heavy atom. The normalized spacial score (nSPS) is 20.0. The molecular weight excluding hydrogens is 432 g/mol. The van der Waals surface area contributed by atoms with E-state index < -0.39 is 0 Å². The number of carbonyl (C=O) groups excluding carboxylic acids is 2. The van der Waals surface area contributed by atoms with Gasteiger partial charge in [-0.1, -0.05) is 91.7 Å². The molecule has 5 rings (SSSR count). The lowest BCUT2D eigenvalue weighted by molar-refractivity contribution is -0.124. The molecule has 2 atom stereocenters. The summed E-state index contributed by atoms with van der Waals surface area (Å²) < 4.78 is 0. The molecule has 2 aliphatic rings. The zero-order valence-corrected chi connectivity index (χ0v) is 20.2. The minimum absolute atomic E-state index is 0.0296. The van der Waals surface area contributed by atoms with Crippen LogP contribution in [0.4, 0.5) is 0 Å². The molecule has 0 saturated heterocycles. The van der Waals surface area contributed by atoms with Crippen molar-refractivity contribution in [2.75, 3.05) is 6.54 Å². The maximum absolute atomic E-state index is 13.8. The van der Waals surface area contributed by atoms with Crippen LogP contribution in [0.5, 0.6) is 0 Å². The van der Waals surface area contributed by atoms with Gasteiger partial charge in [0.2, 0.25) is 5.91 Å². The first-order valence-electron chi connectivity index (χ1n) is 13.0. The van der Waals surface area contributed by atoms with E-state index in [0.29, 0.717) is 12.1 Å². The predicted molar refractivity (Wildman–Crippen MR) is 139 cm³/mol. The van der Waals surface area contributed by atoms with Crippen molar-refractivity contribution >= 4 is 11.8 Å². The highest BCUT2D eigenvalue weighted by Gasteiger charge is 2.45. The Hall–Kier alpha value is -3.40. The summed E-state index contributed by atoms with van der Waals surface area (Å²) in [6.45, 7) is 0.588. The number of hydrogen-bond acceptors (Lipinski definition) is 2. The van der Waals surface area contributed by atoms with Crippen molar-refractivity contribution in [3.63, 3.8) is 0 Å². The van der Waals surface area contributed by atoms with Crippen LogP contribution in [-0.2, 0) is 17.6 Å². The molecular formula is C31H34N2O2. The highest BCUT2D eigenvalue weighted by atomic mass is 16.2. The molecule has 4 heteroatoms. The van der Waals surface area contributed by atoms with E-state index in [1.165, 1.54) is 11.1 Å². The summed E-state index contributed by atoms with van der Waals surface area (Å²) in [5.74, 6) is -0.232. The Labute approximate surface area is 208 Å². The molecule has 1 aliphatic heterocycles. The average molecular weight is 467 g/mol. The van der Waals surface area contributed by atoms with Gasteiger partial charge in [-0.05, 0) is 54.9 Å². The highest BCUT2D eigenvalue weighted by Crippen LogP contribution is 2.40. The number of nitrogens with zero attached hydrogens (tertiary/aromatic N) is 1. The quantitative estimate of drug-likeness (QED) is 0.475. The van der Waals surface area contributed by atoms with Crippen LogP contribution in [0.1, 0.15) is 65.1 Å². The Morgan fingerprint density at radius 1 is 0.800 bits per heavy atom. The Bertz CT molecular complexity index is 1140. The molecule has 1 aliphatic carbocycles. The number of fused-ring (bicyclic) bond motifs is 1. The van der Waals surface area contributed by atoms with E-state index in [9.17, 15) is 9.59 Å². The Kier molecular flexibility index (Phi) is 7.27. The Balaban J connectivity index is 1.43. The first-order valence-corrected chi connectivity index (χ1v) is 13.0. The monoisotopic (exact) mass is 466 g/mol. The van der Waals surface area contributed by atoms with Crippen LogP contribution in [-0.4, -0.2) is 35.3 Å². The first-order chi connectivity index (χ1) is 17.2. The van der Waals surface area contributed by atoms with E-state index in [2.05, 4.69) is 46.6 Å². The Morgan fingerprint density at radius 2 is 1.40 bits per heavy atom. The first kappa shape index (κ1) is 23.3. The number of amides is 2. The number of hydrogen-bond donors (Lipinski definition) is 1. The molecule has 3 aromatic carbocycles. The molecule has 35 heavy (non-hydrogen) atoms. The molecule has 0 radical (unpaired) electrons. The average Bonchev–Trinajstić information content (AvgIpc) is 3.43. The summed E-state index contributed by atoms with van der Waals surface area (Å²) in [6.07, 6.45) is 6.76. The van der Waals surface area contributed by atoms with E-state index in [0.717, 1.165) is 50.5 Å². The third kappa shape index (κ3) is 5.17.